The van der Waals surface area contributed by atoms with E-state index in [4.69, 9.17) is 5.11 Å². The molecule has 1 heterocycles. The minimum Gasteiger partial charge on any atom is -0.480 e. The summed E-state index contributed by atoms with van der Waals surface area (Å²) in [5, 5.41) is 21.5. The number of tetrazole rings is 1. The number of aromatic nitrogens is 4. The van der Waals surface area contributed by atoms with E-state index in [2.05, 4.69) is 20.8 Å². The zero-order chi connectivity index (χ0) is 12.0. The van der Waals surface area contributed by atoms with E-state index in [0.29, 0.717) is 12.2 Å². The van der Waals surface area contributed by atoms with E-state index in [0.717, 1.165) is 6.42 Å². The molecule has 1 aromatic heterocycles. The smallest absolute Gasteiger partial charge is 0.322 e. The van der Waals surface area contributed by atoms with Gasteiger partial charge in [0.15, 0.2) is 5.82 Å². The number of carboxylic acids is 1. The standard InChI is InChI=1S/C8H13N5O3/c1-2-3-6-10-11-12-13(6)5-7(14)9-4-8(15)16/h2-5H2,1H3,(H,9,14)(H,15,16). The van der Waals surface area contributed by atoms with Gasteiger partial charge in [-0.25, -0.2) is 4.68 Å². The van der Waals surface area contributed by atoms with Crippen molar-refractivity contribution in [3.8, 4) is 0 Å². The van der Waals surface area contributed by atoms with Crippen LogP contribution in [-0.4, -0.2) is 43.7 Å². The third-order valence-corrected chi connectivity index (χ3v) is 1.81. The molecule has 0 radical (unpaired) electrons. The predicted molar refractivity (Wildman–Crippen MR) is 52.5 cm³/mol. The summed E-state index contributed by atoms with van der Waals surface area (Å²) in [6.07, 6.45) is 1.55. The van der Waals surface area contributed by atoms with E-state index in [1.807, 2.05) is 6.92 Å². The highest BCUT2D eigenvalue weighted by Gasteiger charge is 2.10. The molecule has 1 amide bonds. The molecule has 16 heavy (non-hydrogen) atoms. The van der Waals surface area contributed by atoms with Gasteiger partial charge in [-0.1, -0.05) is 6.92 Å². The molecule has 1 rings (SSSR count). The van der Waals surface area contributed by atoms with Gasteiger partial charge in [-0.15, -0.1) is 5.10 Å². The summed E-state index contributed by atoms with van der Waals surface area (Å²) in [5.41, 5.74) is 0. The third-order valence-electron chi connectivity index (χ3n) is 1.81. The number of carbonyl (C=O) groups is 2. The van der Waals surface area contributed by atoms with Crippen LogP contribution in [0.5, 0.6) is 0 Å². The van der Waals surface area contributed by atoms with E-state index >= 15 is 0 Å². The number of nitrogens with one attached hydrogen (secondary N) is 1. The van der Waals surface area contributed by atoms with Crippen LogP contribution in [0.1, 0.15) is 19.2 Å². The Hall–Kier alpha value is -1.99. The summed E-state index contributed by atoms with van der Waals surface area (Å²) in [7, 11) is 0. The maximum absolute atomic E-state index is 11.3. The summed E-state index contributed by atoms with van der Waals surface area (Å²) >= 11 is 0. The highest BCUT2D eigenvalue weighted by molar-refractivity contribution is 5.80. The fraction of sp³-hybridized carbons (Fsp3) is 0.625. The van der Waals surface area contributed by atoms with Crippen molar-refractivity contribution in [2.75, 3.05) is 6.54 Å². The molecule has 1 aromatic rings. The Morgan fingerprint density at radius 2 is 2.25 bits per heavy atom. The zero-order valence-electron chi connectivity index (χ0n) is 8.88. The van der Waals surface area contributed by atoms with Crippen LogP contribution >= 0.6 is 0 Å². The summed E-state index contributed by atoms with van der Waals surface area (Å²) in [6.45, 7) is 1.52. The van der Waals surface area contributed by atoms with Gasteiger partial charge >= 0.3 is 5.97 Å². The Morgan fingerprint density at radius 3 is 2.88 bits per heavy atom. The van der Waals surface area contributed by atoms with Crippen LogP contribution in [0.15, 0.2) is 0 Å². The third kappa shape index (κ3) is 3.64. The topological polar surface area (TPSA) is 110 Å². The van der Waals surface area contributed by atoms with Crippen LogP contribution in [-0.2, 0) is 22.6 Å². The molecule has 0 aliphatic rings. The lowest BCUT2D eigenvalue weighted by atomic mass is 10.3. The number of rotatable bonds is 6. The molecule has 0 aliphatic heterocycles. The highest BCUT2D eigenvalue weighted by Crippen LogP contribution is 1.96. The van der Waals surface area contributed by atoms with Crippen molar-refractivity contribution in [2.24, 2.45) is 0 Å². The molecule has 0 bridgehead atoms. The number of carboxylic acid groups (broad SMARTS) is 1. The maximum atomic E-state index is 11.3. The molecule has 2 N–H and O–H groups in total. The average molecular weight is 227 g/mol. The molecular formula is C8H13N5O3. The number of nitrogens with zero attached hydrogens (tertiary/aromatic N) is 4. The molecule has 8 heteroatoms. The van der Waals surface area contributed by atoms with Crippen molar-refractivity contribution in [2.45, 2.75) is 26.3 Å². The highest BCUT2D eigenvalue weighted by atomic mass is 16.4. The number of amides is 1. The molecule has 0 spiro atoms. The Labute approximate surface area is 91.6 Å². The molecule has 0 fully saturated rings. The lowest BCUT2D eigenvalue weighted by molar-refractivity contribution is -0.138. The van der Waals surface area contributed by atoms with E-state index in [9.17, 15) is 9.59 Å². The predicted octanol–water partition coefficient (Wildman–Crippen LogP) is -1.17. The molecule has 0 aliphatic carbocycles. The van der Waals surface area contributed by atoms with Crippen molar-refractivity contribution in [1.29, 1.82) is 0 Å². The van der Waals surface area contributed by atoms with Crippen LogP contribution < -0.4 is 5.32 Å². The first-order valence-electron chi connectivity index (χ1n) is 4.87. The Kier molecular flexibility index (Phi) is 4.37. The number of carbonyl (C=O) groups excluding carboxylic acids is 1. The van der Waals surface area contributed by atoms with Gasteiger partial charge < -0.3 is 10.4 Å². The first-order chi connectivity index (χ1) is 7.63. The lowest BCUT2D eigenvalue weighted by Crippen LogP contribution is -2.32. The SMILES string of the molecule is CCCc1nnnn1CC(=O)NCC(=O)O. The maximum Gasteiger partial charge on any atom is 0.322 e. The second-order valence-electron chi connectivity index (χ2n) is 3.17. The normalized spacial score (nSPS) is 10.1. The first-order valence-corrected chi connectivity index (χ1v) is 4.87. The van der Waals surface area contributed by atoms with Crippen LogP contribution in [0.2, 0.25) is 0 Å². The summed E-state index contributed by atoms with van der Waals surface area (Å²) < 4.78 is 1.36. The van der Waals surface area contributed by atoms with Crippen molar-refractivity contribution in [1.82, 2.24) is 25.5 Å². The fourth-order valence-electron chi connectivity index (χ4n) is 1.11. The Balaban J connectivity index is 2.48. The van der Waals surface area contributed by atoms with Gasteiger partial charge in [-0.2, -0.15) is 0 Å². The molecule has 88 valence electrons. The first kappa shape index (κ1) is 12.1. The van der Waals surface area contributed by atoms with Crippen LogP contribution in [0, 0.1) is 0 Å². The van der Waals surface area contributed by atoms with Crippen LogP contribution in [0.3, 0.4) is 0 Å². The minimum atomic E-state index is -1.08. The minimum absolute atomic E-state index is 0.0599. The second-order valence-corrected chi connectivity index (χ2v) is 3.17. The molecule has 0 saturated heterocycles. The number of hydrogen-bond acceptors (Lipinski definition) is 5. The van der Waals surface area contributed by atoms with Gasteiger partial charge in [0.25, 0.3) is 0 Å². The van der Waals surface area contributed by atoms with Crippen molar-refractivity contribution in [3.63, 3.8) is 0 Å². The van der Waals surface area contributed by atoms with Crippen molar-refractivity contribution >= 4 is 11.9 Å². The Morgan fingerprint density at radius 1 is 1.50 bits per heavy atom. The van der Waals surface area contributed by atoms with Gasteiger partial charge in [0.1, 0.15) is 13.1 Å². The summed E-state index contributed by atoms with van der Waals surface area (Å²) in [6, 6.07) is 0. The summed E-state index contributed by atoms with van der Waals surface area (Å²) in [5.74, 6) is -0.890. The number of aryl methyl sites for hydroxylation is 1. The zero-order valence-corrected chi connectivity index (χ0v) is 8.88. The monoisotopic (exact) mass is 227 g/mol. The van der Waals surface area contributed by atoms with Gasteiger partial charge in [0.2, 0.25) is 5.91 Å². The number of hydrogen-bond donors (Lipinski definition) is 2. The van der Waals surface area contributed by atoms with Gasteiger partial charge in [0.05, 0.1) is 0 Å². The fourth-order valence-corrected chi connectivity index (χ4v) is 1.11. The largest absolute Gasteiger partial charge is 0.480 e. The summed E-state index contributed by atoms with van der Waals surface area (Å²) in [4.78, 5) is 21.5. The van der Waals surface area contributed by atoms with E-state index < -0.39 is 18.4 Å². The van der Waals surface area contributed by atoms with E-state index in [-0.39, 0.29) is 6.54 Å². The molecule has 0 aromatic carbocycles. The Bertz CT molecular complexity index is 376. The molecule has 0 atom stereocenters. The van der Waals surface area contributed by atoms with Crippen LogP contribution in [0.4, 0.5) is 0 Å². The average Bonchev–Trinajstić information content (AvgIpc) is 2.63. The molecule has 0 saturated carbocycles. The second kappa shape index (κ2) is 5.79. The number of aliphatic carboxylic acids is 1. The molecule has 0 unspecified atom stereocenters. The lowest BCUT2D eigenvalue weighted by Gasteiger charge is -2.03. The van der Waals surface area contributed by atoms with Crippen molar-refractivity contribution < 1.29 is 14.7 Å². The van der Waals surface area contributed by atoms with Gasteiger partial charge in [-0.05, 0) is 16.8 Å². The van der Waals surface area contributed by atoms with E-state index in [1.54, 1.807) is 0 Å². The van der Waals surface area contributed by atoms with Gasteiger partial charge in [0, 0.05) is 6.42 Å². The van der Waals surface area contributed by atoms with Crippen molar-refractivity contribution in [3.05, 3.63) is 5.82 Å². The molecule has 8 nitrogen and oxygen atoms in total. The molecular weight excluding hydrogens is 214 g/mol. The van der Waals surface area contributed by atoms with Crippen LogP contribution in [0.25, 0.3) is 0 Å². The van der Waals surface area contributed by atoms with Gasteiger partial charge in [-0.3, -0.25) is 9.59 Å². The van der Waals surface area contributed by atoms with E-state index in [1.165, 1.54) is 4.68 Å². The quantitative estimate of drug-likeness (QED) is 0.633.